The number of carbonyl (C=O) groups is 2. The Morgan fingerprint density at radius 1 is 1.50 bits per heavy atom. The van der Waals surface area contributed by atoms with E-state index >= 15 is 0 Å². The predicted octanol–water partition coefficient (Wildman–Crippen LogP) is 2.16. The van der Waals surface area contributed by atoms with Crippen LogP contribution >= 0.6 is 11.3 Å². The van der Waals surface area contributed by atoms with Crippen LogP contribution in [-0.2, 0) is 11.2 Å². The van der Waals surface area contributed by atoms with Gasteiger partial charge in [0.15, 0.2) is 5.13 Å². The molecule has 2 amide bonds. The zero-order valence-corrected chi connectivity index (χ0v) is 12.2. The zero-order chi connectivity index (χ0) is 14.7. The number of carbonyl (C=O) groups excluding carboxylic acids is 1. The lowest BCUT2D eigenvalue weighted by molar-refractivity contribution is -0.140. The van der Waals surface area contributed by atoms with Gasteiger partial charge in [0, 0.05) is 4.88 Å². The number of aliphatic carboxylic acids is 1. The summed E-state index contributed by atoms with van der Waals surface area (Å²) in [4.78, 5) is 28.0. The molecule has 1 heterocycles. The number of nitrogens with one attached hydrogen (secondary N) is 2. The lowest BCUT2D eigenvalue weighted by Gasteiger charge is -2.11. The number of nitrogens with zero attached hydrogens (tertiary/aromatic N) is 1. The molecule has 7 heteroatoms. The minimum Gasteiger partial charge on any atom is -0.481 e. The Morgan fingerprint density at radius 3 is 2.80 bits per heavy atom. The van der Waals surface area contributed by atoms with Gasteiger partial charge in [-0.15, -0.1) is 11.3 Å². The summed E-state index contributed by atoms with van der Waals surface area (Å²) >= 11 is 1.44. The van der Waals surface area contributed by atoms with E-state index in [0.717, 1.165) is 17.0 Å². The standard InChI is InChI=1S/C13H17N3O3S/c1-3-10-7(2)20-13(15-10)16-12(19)14-9-5-4-8(6-9)11(17)18/h4-5,8-9H,3,6H2,1-2H3,(H,17,18)(H2,14,15,16,19). The van der Waals surface area contributed by atoms with Crippen molar-refractivity contribution in [2.24, 2.45) is 5.92 Å². The van der Waals surface area contributed by atoms with Gasteiger partial charge in [0.05, 0.1) is 17.7 Å². The van der Waals surface area contributed by atoms with Crippen LogP contribution in [0.5, 0.6) is 0 Å². The SMILES string of the molecule is CCc1nc(NC(=O)NC2C=CC(C(=O)O)C2)sc1C. The van der Waals surface area contributed by atoms with Crippen LogP contribution in [0.25, 0.3) is 0 Å². The average Bonchev–Trinajstić information content (AvgIpc) is 2.96. The third-order valence-corrected chi connectivity index (χ3v) is 4.09. The number of carboxylic acid groups (broad SMARTS) is 1. The summed E-state index contributed by atoms with van der Waals surface area (Å²) < 4.78 is 0. The summed E-state index contributed by atoms with van der Waals surface area (Å²) in [5, 5.41) is 14.8. The maximum atomic E-state index is 11.8. The zero-order valence-electron chi connectivity index (χ0n) is 11.3. The summed E-state index contributed by atoms with van der Waals surface area (Å²) in [7, 11) is 0. The highest BCUT2D eigenvalue weighted by Gasteiger charge is 2.25. The highest BCUT2D eigenvalue weighted by Crippen LogP contribution is 2.22. The number of amides is 2. The summed E-state index contributed by atoms with van der Waals surface area (Å²) in [6.45, 7) is 3.98. The fourth-order valence-electron chi connectivity index (χ4n) is 2.10. The van der Waals surface area contributed by atoms with Crippen LogP contribution < -0.4 is 10.6 Å². The second kappa shape index (κ2) is 6.04. The van der Waals surface area contributed by atoms with Crippen LogP contribution in [0.15, 0.2) is 12.2 Å². The highest BCUT2D eigenvalue weighted by molar-refractivity contribution is 7.15. The molecule has 0 aliphatic heterocycles. The topological polar surface area (TPSA) is 91.3 Å². The van der Waals surface area contributed by atoms with E-state index in [2.05, 4.69) is 15.6 Å². The molecule has 2 atom stereocenters. The lowest BCUT2D eigenvalue weighted by Crippen LogP contribution is -2.36. The summed E-state index contributed by atoms with van der Waals surface area (Å²) in [6.07, 6.45) is 4.54. The normalized spacial score (nSPS) is 20.9. The van der Waals surface area contributed by atoms with E-state index in [1.807, 2.05) is 13.8 Å². The van der Waals surface area contributed by atoms with Gasteiger partial charge < -0.3 is 10.4 Å². The molecule has 6 nitrogen and oxygen atoms in total. The van der Waals surface area contributed by atoms with Crippen molar-refractivity contribution < 1.29 is 14.7 Å². The quantitative estimate of drug-likeness (QED) is 0.742. The molecule has 0 bridgehead atoms. The van der Waals surface area contributed by atoms with Gasteiger partial charge in [0.2, 0.25) is 0 Å². The van der Waals surface area contributed by atoms with E-state index in [1.54, 1.807) is 12.2 Å². The molecule has 0 saturated heterocycles. The third kappa shape index (κ3) is 3.36. The molecule has 108 valence electrons. The Morgan fingerprint density at radius 2 is 2.25 bits per heavy atom. The van der Waals surface area contributed by atoms with E-state index in [4.69, 9.17) is 5.11 Å². The van der Waals surface area contributed by atoms with E-state index < -0.39 is 11.9 Å². The minimum atomic E-state index is -0.867. The van der Waals surface area contributed by atoms with Crippen molar-refractivity contribution in [2.75, 3.05) is 5.32 Å². The second-order valence-corrected chi connectivity index (χ2v) is 5.85. The number of urea groups is 1. The lowest BCUT2D eigenvalue weighted by atomic mass is 10.1. The number of hydrogen-bond donors (Lipinski definition) is 3. The molecule has 0 radical (unpaired) electrons. The number of hydrogen-bond acceptors (Lipinski definition) is 4. The molecule has 0 spiro atoms. The van der Waals surface area contributed by atoms with Gasteiger partial charge in [-0.3, -0.25) is 10.1 Å². The number of carboxylic acids is 1. The van der Waals surface area contributed by atoms with Crippen LogP contribution in [0.3, 0.4) is 0 Å². The van der Waals surface area contributed by atoms with Gasteiger partial charge in [-0.2, -0.15) is 0 Å². The number of anilines is 1. The van der Waals surface area contributed by atoms with Gasteiger partial charge in [-0.1, -0.05) is 19.1 Å². The maximum Gasteiger partial charge on any atom is 0.321 e. The molecular weight excluding hydrogens is 278 g/mol. The first-order valence-electron chi connectivity index (χ1n) is 6.44. The average molecular weight is 295 g/mol. The fourth-order valence-corrected chi connectivity index (χ4v) is 3.00. The molecule has 2 rings (SSSR count). The van der Waals surface area contributed by atoms with E-state index in [0.29, 0.717) is 11.6 Å². The minimum absolute atomic E-state index is 0.247. The first kappa shape index (κ1) is 14.5. The summed E-state index contributed by atoms with van der Waals surface area (Å²) in [5.74, 6) is -1.39. The van der Waals surface area contributed by atoms with Crippen LogP contribution in [0, 0.1) is 12.8 Å². The third-order valence-electron chi connectivity index (χ3n) is 3.17. The Bertz CT molecular complexity index is 553. The van der Waals surface area contributed by atoms with E-state index in [9.17, 15) is 9.59 Å². The van der Waals surface area contributed by atoms with Crippen LogP contribution in [0.4, 0.5) is 9.93 Å². The summed E-state index contributed by atoms with van der Waals surface area (Å²) in [5.41, 5.74) is 0.983. The first-order valence-corrected chi connectivity index (χ1v) is 7.26. The molecule has 2 unspecified atom stereocenters. The maximum absolute atomic E-state index is 11.8. The second-order valence-electron chi connectivity index (χ2n) is 4.65. The monoisotopic (exact) mass is 295 g/mol. The van der Waals surface area contributed by atoms with Gasteiger partial charge in [0.25, 0.3) is 0 Å². The van der Waals surface area contributed by atoms with E-state index in [1.165, 1.54) is 11.3 Å². The number of aromatic nitrogens is 1. The Labute approximate surface area is 120 Å². The molecule has 20 heavy (non-hydrogen) atoms. The van der Waals surface area contributed by atoms with Crippen molar-refractivity contribution in [2.45, 2.75) is 32.7 Å². The summed E-state index contributed by atoms with van der Waals surface area (Å²) in [6, 6.07) is -0.607. The molecule has 1 aromatic rings. The van der Waals surface area contributed by atoms with Crippen molar-refractivity contribution in [3.63, 3.8) is 0 Å². The van der Waals surface area contributed by atoms with Crippen molar-refractivity contribution in [3.8, 4) is 0 Å². The van der Waals surface area contributed by atoms with Gasteiger partial charge in [-0.25, -0.2) is 9.78 Å². The largest absolute Gasteiger partial charge is 0.481 e. The molecule has 1 aromatic heterocycles. The Balaban J connectivity index is 1.87. The number of aryl methyl sites for hydroxylation is 2. The predicted molar refractivity (Wildman–Crippen MR) is 77.1 cm³/mol. The van der Waals surface area contributed by atoms with Crippen molar-refractivity contribution in [1.29, 1.82) is 0 Å². The van der Waals surface area contributed by atoms with Crippen molar-refractivity contribution in [3.05, 3.63) is 22.7 Å². The van der Waals surface area contributed by atoms with Crippen molar-refractivity contribution in [1.82, 2.24) is 10.3 Å². The smallest absolute Gasteiger partial charge is 0.321 e. The van der Waals surface area contributed by atoms with Crippen LogP contribution in [0.2, 0.25) is 0 Å². The highest BCUT2D eigenvalue weighted by atomic mass is 32.1. The molecule has 0 saturated carbocycles. The first-order chi connectivity index (χ1) is 9.49. The van der Waals surface area contributed by atoms with Crippen molar-refractivity contribution >= 4 is 28.5 Å². The molecule has 0 fully saturated rings. The molecule has 1 aliphatic rings. The molecule has 3 N–H and O–H groups in total. The van der Waals surface area contributed by atoms with Gasteiger partial charge in [-0.05, 0) is 19.8 Å². The fraction of sp³-hybridized carbons (Fsp3) is 0.462. The Kier molecular flexibility index (Phi) is 4.39. The van der Waals surface area contributed by atoms with Gasteiger partial charge in [0.1, 0.15) is 0 Å². The number of thiazole rings is 1. The number of rotatable bonds is 4. The Hall–Kier alpha value is -1.89. The van der Waals surface area contributed by atoms with Crippen LogP contribution in [0.1, 0.15) is 23.9 Å². The molecule has 0 aromatic carbocycles. The van der Waals surface area contributed by atoms with Gasteiger partial charge >= 0.3 is 12.0 Å². The van der Waals surface area contributed by atoms with Crippen LogP contribution in [-0.4, -0.2) is 28.1 Å². The molecular formula is C13H17N3O3S. The van der Waals surface area contributed by atoms with E-state index in [-0.39, 0.29) is 12.1 Å². The molecule has 1 aliphatic carbocycles.